The molecule has 148 valence electrons. The van der Waals surface area contributed by atoms with Crippen molar-refractivity contribution in [2.24, 2.45) is 4.99 Å². The molecule has 0 aromatic heterocycles. The molecule has 27 heavy (non-hydrogen) atoms. The van der Waals surface area contributed by atoms with E-state index in [1.54, 1.807) is 0 Å². The Hall–Kier alpha value is -1.34. The van der Waals surface area contributed by atoms with Crippen LogP contribution in [-0.4, -0.2) is 49.7 Å². The van der Waals surface area contributed by atoms with Crippen molar-refractivity contribution in [3.8, 4) is 0 Å². The number of guanidine groups is 1. The number of hydrogen-bond donors (Lipinski definition) is 1. The molecule has 0 atom stereocenters. The standard InChI is InChI=1S/C22H31N3O.HI/c1-3-23-22(25-15-12-21(13-16-25)26-4-2)24-14-11-18-9-10-19-7-5-6-8-20(19)17-18;/h5-10,17,21H,3-4,11-16H2,1-2H3,(H,23,24);1H. The minimum atomic E-state index is 0. The molecule has 1 saturated heterocycles. The highest BCUT2D eigenvalue weighted by molar-refractivity contribution is 14.0. The van der Waals surface area contributed by atoms with E-state index in [-0.39, 0.29) is 24.0 Å². The van der Waals surface area contributed by atoms with Crippen LogP contribution < -0.4 is 5.32 Å². The first-order valence-corrected chi connectivity index (χ1v) is 9.92. The number of hydrogen-bond acceptors (Lipinski definition) is 2. The molecule has 1 aliphatic rings. The van der Waals surface area contributed by atoms with Crippen LogP contribution in [0, 0.1) is 0 Å². The van der Waals surface area contributed by atoms with Crippen LogP contribution in [0.1, 0.15) is 32.3 Å². The summed E-state index contributed by atoms with van der Waals surface area (Å²) in [4.78, 5) is 7.25. The van der Waals surface area contributed by atoms with Gasteiger partial charge in [-0.3, -0.25) is 4.99 Å². The highest BCUT2D eigenvalue weighted by Gasteiger charge is 2.21. The molecule has 4 nitrogen and oxygen atoms in total. The normalized spacial score (nSPS) is 15.6. The van der Waals surface area contributed by atoms with Crippen LogP contribution in [0.25, 0.3) is 10.8 Å². The van der Waals surface area contributed by atoms with Gasteiger partial charge in [0.25, 0.3) is 0 Å². The number of halogens is 1. The number of benzene rings is 2. The topological polar surface area (TPSA) is 36.9 Å². The van der Waals surface area contributed by atoms with Crippen LogP contribution in [-0.2, 0) is 11.2 Å². The monoisotopic (exact) mass is 481 g/mol. The first-order chi connectivity index (χ1) is 12.8. The highest BCUT2D eigenvalue weighted by Crippen LogP contribution is 2.16. The van der Waals surface area contributed by atoms with Crippen LogP contribution in [0.2, 0.25) is 0 Å². The number of fused-ring (bicyclic) bond motifs is 1. The van der Waals surface area contributed by atoms with E-state index in [4.69, 9.17) is 9.73 Å². The second-order valence-corrected chi connectivity index (χ2v) is 6.81. The summed E-state index contributed by atoms with van der Waals surface area (Å²) in [5.41, 5.74) is 1.35. The Kier molecular flexibility index (Phi) is 9.34. The lowest BCUT2D eigenvalue weighted by Crippen LogP contribution is -2.47. The van der Waals surface area contributed by atoms with Gasteiger partial charge in [0.2, 0.25) is 0 Å². The number of likely N-dealkylation sites (tertiary alicyclic amines) is 1. The van der Waals surface area contributed by atoms with Crippen molar-refractivity contribution in [1.29, 1.82) is 0 Å². The Morgan fingerprint density at radius 3 is 2.56 bits per heavy atom. The van der Waals surface area contributed by atoms with E-state index in [9.17, 15) is 0 Å². The molecule has 2 aromatic carbocycles. The van der Waals surface area contributed by atoms with Gasteiger partial charge in [-0.1, -0.05) is 42.5 Å². The van der Waals surface area contributed by atoms with Gasteiger partial charge in [-0.05, 0) is 49.4 Å². The smallest absolute Gasteiger partial charge is 0.193 e. The van der Waals surface area contributed by atoms with Gasteiger partial charge in [0.15, 0.2) is 5.96 Å². The quantitative estimate of drug-likeness (QED) is 0.376. The number of piperidine rings is 1. The average Bonchev–Trinajstić information content (AvgIpc) is 2.68. The predicted octanol–water partition coefficient (Wildman–Crippen LogP) is 4.47. The third-order valence-corrected chi connectivity index (χ3v) is 4.95. The SMILES string of the molecule is CCNC(=NCCc1ccc2ccccc2c1)N1CCC(OCC)CC1.I. The van der Waals surface area contributed by atoms with Gasteiger partial charge in [0.1, 0.15) is 0 Å². The summed E-state index contributed by atoms with van der Waals surface area (Å²) in [6.45, 7) is 8.77. The fourth-order valence-corrected chi connectivity index (χ4v) is 3.58. The highest BCUT2D eigenvalue weighted by atomic mass is 127. The number of ether oxygens (including phenoxy) is 1. The average molecular weight is 481 g/mol. The first kappa shape index (κ1) is 22.0. The van der Waals surface area contributed by atoms with E-state index < -0.39 is 0 Å². The molecule has 0 amide bonds. The van der Waals surface area contributed by atoms with Crippen LogP contribution >= 0.6 is 24.0 Å². The lowest BCUT2D eigenvalue weighted by atomic mass is 10.1. The number of nitrogens with zero attached hydrogens (tertiary/aromatic N) is 2. The van der Waals surface area contributed by atoms with Gasteiger partial charge < -0.3 is 15.0 Å². The van der Waals surface area contributed by atoms with Gasteiger partial charge in [-0.25, -0.2) is 0 Å². The molecule has 0 unspecified atom stereocenters. The van der Waals surface area contributed by atoms with Crippen molar-refractivity contribution >= 4 is 40.7 Å². The Labute approximate surface area is 180 Å². The van der Waals surface area contributed by atoms with Crippen LogP contribution in [0.3, 0.4) is 0 Å². The van der Waals surface area contributed by atoms with Crippen molar-refractivity contribution in [3.63, 3.8) is 0 Å². The molecular weight excluding hydrogens is 449 g/mol. The molecule has 0 radical (unpaired) electrons. The largest absolute Gasteiger partial charge is 0.378 e. The van der Waals surface area contributed by atoms with E-state index in [2.05, 4.69) is 66.5 Å². The Balaban J connectivity index is 0.00000261. The van der Waals surface area contributed by atoms with Crippen molar-refractivity contribution < 1.29 is 4.74 Å². The number of rotatable bonds is 6. The molecule has 1 heterocycles. The van der Waals surface area contributed by atoms with Gasteiger partial charge in [-0.2, -0.15) is 0 Å². The molecule has 0 aliphatic carbocycles. The van der Waals surface area contributed by atoms with Crippen LogP contribution in [0.4, 0.5) is 0 Å². The summed E-state index contributed by atoms with van der Waals surface area (Å²) in [6.07, 6.45) is 3.55. The predicted molar refractivity (Wildman–Crippen MR) is 125 cm³/mol. The lowest BCUT2D eigenvalue weighted by Gasteiger charge is -2.34. The maximum atomic E-state index is 5.76. The van der Waals surface area contributed by atoms with E-state index in [0.717, 1.165) is 58.0 Å². The lowest BCUT2D eigenvalue weighted by molar-refractivity contribution is 0.0264. The zero-order chi connectivity index (χ0) is 18.2. The fraction of sp³-hybridized carbons (Fsp3) is 0.500. The molecule has 2 aromatic rings. The van der Waals surface area contributed by atoms with E-state index in [1.807, 2.05) is 0 Å². The molecule has 1 N–H and O–H groups in total. The summed E-state index contributed by atoms with van der Waals surface area (Å²) < 4.78 is 5.76. The molecule has 1 fully saturated rings. The molecule has 1 aliphatic heterocycles. The molecule has 3 rings (SSSR count). The molecular formula is C22H32IN3O. The van der Waals surface area contributed by atoms with E-state index >= 15 is 0 Å². The van der Waals surface area contributed by atoms with Crippen molar-refractivity contribution in [2.45, 2.75) is 39.2 Å². The maximum absolute atomic E-state index is 5.76. The summed E-state index contributed by atoms with van der Waals surface area (Å²) in [6, 6.07) is 15.2. The minimum absolute atomic E-state index is 0. The zero-order valence-corrected chi connectivity index (χ0v) is 18.8. The van der Waals surface area contributed by atoms with Gasteiger partial charge in [0, 0.05) is 32.8 Å². The van der Waals surface area contributed by atoms with Gasteiger partial charge in [0.05, 0.1) is 6.10 Å². The minimum Gasteiger partial charge on any atom is -0.378 e. The van der Waals surface area contributed by atoms with E-state index in [0.29, 0.717) is 6.10 Å². The fourth-order valence-electron chi connectivity index (χ4n) is 3.58. The van der Waals surface area contributed by atoms with Crippen molar-refractivity contribution in [2.75, 3.05) is 32.8 Å². The summed E-state index contributed by atoms with van der Waals surface area (Å²) >= 11 is 0. The number of nitrogens with one attached hydrogen (secondary N) is 1. The third kappa shape index (κ3) is 6.35. The second kappa shape index (κ2) is 11.5. The zero-order valence-electron chi connectivity index (χ0n) is 16.5. The molecule has 0 saturated carbocycles. The van der Waals surface area contributed by atoms with Crippen molar-refractivity contribution in [3.05, 3.63) is 48.0 Å². The maximum Gasteiger partial charge on any atom is 0.193 e. The molecule has 0 bridgehead atoms. The summed E-state index contributed by atoms with van der Waals surface area (Å²) in [5, 5.41) is 6.05. The van der Waals surface area contributed by atoms with E-state index in [1.165, 1.54) is 16.3 Å². The summed E-state index contributed by atoms with van der Waals surface area (Å²) in [5.74, 6) is 1.04. The third-order valence-electron chi connectivity index (χ3n) is 4.95. The molecule has 5 heteroatoms. The van der Waals surface area contributed by atoms with Crippen LogP contribution in [0.15, 0.2) is 47.5 Å². The van der Waals surface area contributed by atoms with Gasteiger partial charge >= 0.3 is 0 Å². The summed E-state index contributed by atoms with van der Waals surface area (Å²) in [7, 11) is 0. The van der Waals surface area contributed by atoms with Crippen molar-refractivity contribution in [1.82, 2.24) is 10.2 Å². The van der Waals surface area contributed by atoms with Crippen LogP contribution in [0.5, 0.6) is 0 Å². The Morgan fingerprint density at radius 1 is 1.11 bits per heavy atom. The number of aliphatic imine (C=N–C) groups is 1. The first-order valence-electron chi connectivity index (χ1n) is 9.92. The molecule has 0 spiro atoms. The second-order valence-electron chi connectivity index (χ2n) is 6.81. The van der Waals surface area contributed by atoms with Gasteiger partial charge in [-0.15, -0.1) is 24.0 Å². The Bertz CT molecular complexity index is 726. The Morgan fingerprint density at radius 2 is 1.85 bits per heavy atom.